The van der Waals surface area contributed by atoms with Gasteiger partial charge in [0.1, 0.15) is 0 Å². The quantitative estimate of drug-likeness (QED) is 0.502. The summed E-state index contributed by atoms with van der Waals surface area (Å²) in [6, 6.07) is 3.22. The van der Waals surface area contributed by atoms with Gasteiger partial charge in [-0.05, 0) is 11.4 Å². The molecule has 0 aliphatic heterocycles. The van der Waals surface area contributed by atoms with Crippen LogP contribution < -0.4 is 0 Å². The van der Waals surface area contributed by atoms with Crippen molar-refractivity contribution in [1.29, 1.82) is 0 Å². The molecular weight excluding hydrogens is 175 g/mol. The minimum Gasteiger partial charge on any atom is -0.288 e. The predicted molar refractivity (Wildman–Crippen MR) is 39.4 cm³/mol. The second-order valence-corrected chi connectivity index (χ2v) is 2.97. The van der Waals surface area contributed by atoms with Crippen molar-refractivity contribution < 1.29 is 9.18 Å². The lowest BCUT2D eigenvalue weighted by Crippen LogP contribution is -2.06. The van der Waals surface area contributed by atoms with Gasteiger partial charge in [0.2, 0.25) is 11.4 Å². The maximum absolute atomic E-state index is 12.1. The maximum Gasteiger partial charge on any atom is 0.236 e. The van der Waals surface area contributed by atoms with Crippen molar-refractivity contribution in [1.82, 2.24) is 0 Å². The van der Waals surface area contributed by atoms with Crippen LogP contribution in [0.5, 0.6) is 0 Å². The van der Waals surface area contributed by atoms with Gasteiger partial charge < -0.3 is 0 Å². The van der Waals surface area contributed by atoms with Crippen LogP contribution in [-0.2, 0) is 0 Å². The number of Topliss-reactive ketones (excluding diaryl/α,β-unsaturated/α-hetero) is 1. The van der Waals surface area contributed by atoms with Crippen molar-refractivity contribution in [3.8, 4) is 0 Å². The Bertz CT molecular complexity index is 220. The topological polar surface area (TPSA) is 17.1 Å². The molecule has 1 aromatic heterocycles. The molecule has 0 aliphatic carbocycles. The summed E-state index contributed by atoms with van der Waals surface area (Å²) in [7, 11) is 0. The smallest absolute Gasteiger partial charge is 0.236 e. The van der Waals surface area contributed by atoms with E-state index >= 15 is 0 Å². The number of thiophene rings is 1. The van der Waals surface area contributed by atoms with Crippen molar-refractivity contribution in [2.45, 2.75) is 5.63 Å². The Morgan fingerprint density at radius 3 is 2.90 bits per heavy atom. The van der Waals surface area contributed by atoms with E-state index in [1.807, 2.05) is 0 Å². The summed E-state index contributed by atoms with van der Waals surface area (Å²) >= 11 is 6.10. The zero-order valence-electron chi connectivity index (χ0n) is 4.88. The summed E-state index contributed by atoms with van der Waals surface area (Å²) in [6.45, 7) is 0. The second-order valence-electron chi connectivity index (χ2n) is 1.64. The summed E-state index contributed by atoms with van der Waals surface area (Å²) in [6.07, 6.45) is 0. The van der Waals surface area contributed by atoms with E-state index in [-0.39, 0.29) is 0 Å². The second kappa shape index (κ2) is 3.12. The summed E-state index contributed by atoms with van der Waals surface area (Å²) in [5.41, 5.74) is -1.90. The third-order valence-corrected chi connectivity index (χ3v) is 2.04. The number of carbonyl (C=O) groups is 1. The molecule has 0 radical (unpaired) electrons. The Balaban J connectivity index is 2.78. The molecule has 0 bridgehead atoms. The van der Waals surface area contributed by atoms with E-state index in [4.69, 9.17) is 11.6 Å². The minimum absolute atomic E-state index is 0.363. The molecule has 0 fully saturated rings. The van der Waals surface area contributed by atoms with Gasteiger partial charge in [-0.3, -0.25) is 4.79 Å². The van der Waals surface area contributed by atoms with Gasteiger partial charge in [0.15, 0.2) is 0 Å². The first kappa shape index (κ1) is 7.69. The molecule has 0 aromatic carbocycles. The zero-order valence-corrected chi connectivity index (χ0v) is 6.45. The number of carbonyl (C=O) groups excluding carboxylic acids is 1. The highest BCUT2D eigenvalue weighted by molar-refractivity contribution is 7.12. The molecule has 1 rings (SSSR count). The van der Waals surface area contributed by atoms with Crippen LogP contribution in [0.1, 0.15) is 9.67 Å². The van der Waals surface area contributed by atoms with Crippen LogP contribution in [-0.4, -0.2) is 11.4 Å². The van der Waals surface area contributed by atoms with E-state index in [9.17, 15) is 9.18 Å². The Morgan fingerprint density at radius 2 is 2.50 bits per heavy atom. The average molecular weight is 179 g/mol. The molecule has 1 nitrogen and oxygen atoms in total. The normalized spacial score (nSPS) is 13.0. The van der Waals surface area contributed by atoms with Gasteiger partial charge in [-0.1, -0.05) is 17.7 Å². The average Bonchev–Trinajstić information content (AvgIpc) is 2.36. The highest BCUT2D eigenvalue weighted by Gasteiger charge is 2.15. The highest BCUT2D eigenvalue weighted by atomic mass is 35.5. The van der Waals surface area contributed by atoms with E-state index in [0.717, 1.165) is 0 Å². The van der Waals surface area contributed by atoms with Crippen molar-refractivity contribution >= 4 is 28.7 Å². The maximum atomic E-state index is 12.1. The SMILES string of the molecule is O=C(c1cccs1)[C@@H](F)Cl. The largest absolute Gasteiger partial charge is 0.288 e. The molecule has 0 unspecified atom stereocenters. The fourth-order valence-corrected chi connectivity index (χ4v) is 1.39. The van der Waals surface area contributed by atoms with Gasteiger partial charge in [0, 0.05) is 0 Å². The molecule has 10 heavy (non-hydrogen) atoms. The van der Waals surface area contributed by atoms with E-state index in [1.54, 1.807) is 17.5 Å². The van der Waals surface area contributed by atoms with Gasteiger partial charge in [0.05, 0.1) is 4.88 Å². The molecule has 4 heteroatoms. The molecule has 1 aromatic rings. The van der Waals surface area contributed by atoms with Gasteiger partial charge in [-0.2, -0.15) is 0 Å². The molecule has 0 amide bonds. The number of ketones is 1. The van der Waals surface area contributed by atoms with E-state index in [0.29, 0.717) is 4.88 Å². The molecule has 0 N–H and O–H groups in total. The van der Waals surface area contributed by atoms with E-state index in [2.05, 4.69) is 0 Å². The van der Waals surface area contributed by atoms with Crippen LogP contribution in [0.4, 0.5) is 4.39 Å². The molecule has 1 heterocycles. The molecule has 1 atom stereocenters. The Morgan fingerprint density at radius 1 is 1.80 bits per heavy atom. The van der Waals surface area contributed by atoms with E-state index in [1.165, 1.54) is 11.3 Å². The molecular formula is C6H4ClFOS. The van der Waals surface area contributed by atoms with Crippen LogP contribution in [0.3, 0.4) is 0 Å². The number of rotatable bonds is 2. The summed E-state index contributed by atoms with van der Waals surface area (Å²) in [5, 5.41) is 1.70. The number of halogens is 2. The van der Waals surface area contributed by atoms with Crippen molar-refractivity contribution in [3.05, 3.63) is 22.4 Å². The lowest BCUT2D eigenvalue weighted by molar-refractivity contribution is 0.0938. The third-order valence-electron chi connectivity index (χ3n) is 0.962. The summed E-state index contributed by atoms with van der Waals surface area (Å²) in [5.74, 6) is -0.656. The third kappa shape index (κ3) is 1.55. The van der Waals surface area contributed by atoms with Gasteiger partial charge in [-0.25, -0.2) is 4.39 Å². The first-order valence-electron chi connectivity index (χ1n) is 2.57. The van der Waals surface area contributed by atoms with E-state index < -0.39 is 11.4 Å². The van der Waals surface area contributed by atoms with Gasteiger partial charge in [0.25, 0.3) is 0 Å². The van der Waals surface area contributed by atoms with Gasteiger partial charge in [-0.15, -0.1) is 11.3 Å². The zero-order chi connectivity index (χ0) is 7.56. The molecule has 0 saturated heterocycles. The monoisotopic (exact) mass is 178 g/mol. The number of hydrogen-bond acceptors (Lipinski definition) is 2. The Labute approximate surface area is 66.4 Å². The van der Waals surface area contributed by atoms with Crippen LogP contribution in [0, 0.1) is 0 Å². The van der Waals surface area contributed by atoms with Crippen LogP contribution in [0.2, 0.25) is 0 Å². The first-order valence-corrected chi connectivity index (χ1v) is 3.89. The molecule has 0 spiro atoms. The lowest BCUT2D eigenvalue weighted by Gasteiger charge is -1.92. The minimum atomic E-state index is -1.90. The first-order chi connectivity index (χ1) is 4.72. The molecule has 0 saturated carbocycles. The van der Waals surface area contributed by atoms with Crippen molar-refractivity contribution in [2.24, 2.45) is 0 Å². The van der Waals surface area contributed by atoms with Crippen LogP contribution >= 0.6 is 22.9 Å². The summed E-state index contributed by atoms with van der Waals surface area (Å²) in [4.78, 5) is 11.1. The fraction of sp³-hybridized carbons (Fsp3) is 0.167. The highest BCUT2D eigenvalue weighted by Crippen LogP contribution is 2.14. The van der Waals surface area contributed by atoms with Crippen LogP contribution in [0.15, 0.2) is 17.5 Å². The number of alkyl halides is 2. The number of hydrogen-bond donors (Lipinski definition) is 0. The predicted octanol–water partition coefficient (Wildman–Crippen LogP) is 2.47. The summed E-state index contributed by atoms with van der Waals surface area (Å²) < 4.78 is 12.1. The van der Waals surface area contributed by atoms with Gasteiger partial charge >= 0.3 is 0 Å². The van der Waals surface area contributed by atoms with Crippen molar-refractivity contribution in [2.75, 3.05) is 0 Å². The molecule has 0 aliphatic rings. The standard InChI is InChI=1S/C6H4ClFOS/c7-6(8)5(9)4-2-1-3-10-4/h1-3,6H/t6-/m1/s1. The molecule has 54 valence electrons. The Kier molecular flexibility index (Phi) is 2.40. The van der Waals surface area contributed by atoms with Crippen molar-refractivity contribution in [3.63, 3.8) is 0 Å². The van der Waals surface area contributed by atoms with Crippen LogP contribution in [0.25, 0.3) is 0 Å². The Hall–Kier alpha value is -0.410. The lowest BCUT2D eigenvalue weighted by atomic mass is 10.3. The fourth-order valence-electron chi connectivity index (χ4n) is 0.526.